The van der Waals surface area contributed by atoms with Crippen molar-refractivity contribution in [1.29, 1.82) is 0 Å². The van der Waals surface area contributed by atoms with Crippen molar-refractivity contribution in [2.75, 3.05) is 7.11 Å². The number of methoxy groups -OCH3 is 1. The molecule has 0 aromatic heterocycles. The summed E-state index contributed by atoms with van der Waals surface area (Å²) in [6, 6.07) is 8.25. The Kier molecular flexibility index (Phi) is 4.28. The Morgan fingerprint density at radius 3 is 2.89 bits per heavy atom. The fraction of sp³-hybridized carbons (Fsp3) is 0.625. The van der Waals surface area contributed by atoms with Gasteiger partial charge < -0.3 is 10.5 Å². The van der Waals surface area contributed by atoms with Gasteiger partial charge in [0.2, 0.25) is 0 Å². The van der Waals surface area contributed by atoms with Crippen molar-refractivity contribution in [2.24, 2.45) is 11.7 Å². The van der Waals surface area contributed by atoms with Gasteiger partial charge in [-0.05, 0) is 36.8 Å². The van der Waals surface area contributed by atoms with E-state index in [1.54, 1.807) is 7.11 Å². The maximum atomic E-state index is 6.63. The monoisotopic (exact) mass is 247 g/mol. The second-order valence-corrected chi connectivity index (χ2v) is 5.72. The van der Waals surface area contributed by atoms with E-state index in [1.807, 2.05) is 12.1 Å². The van der Waals surface area contributed by atoms with E-state index >= 15 is 0 Å². The van der Waals surface area contributed by atoms with Gasteiger partial charge in [0.1, 0.15) is 5.75 Å². The van der Waals surface area contributed by atoms with E-state index in [-0.39, 0.29) is 5.54 Å². The third-order valence-corrected chi connectivity index (χ3v) is 4.29. The fourth-order valence-electron chi connectivity index (χ4n) is 3.26. The molecule has 1 saturated carbocycles. The Morgan fingerprint density at radius 1 is 1.39 bits per heavy atom. The minimum atomic E-state index is -0.0342. The highest BCUT2D eigenvalue weighted by Gasteiger charge is 2.32. The largest absolute Gasteiger partial charge is 0.496 e. The van der Waals surface area contributed by atoms with Crippen LogP contribution < -0.4 is 10.5 Å². The minimum absolute atomic E-state index is 0.0342. The molecule has 2 nitrogen and oxygen atoms in total. The van der Waals surface area contributed by atoms with Crippen molar-refractivity contribution in [1.82, 2.24) is 0 Å². The van der Waals surface area contributed by atoms with Crippen LogP contribution in [0.25, 0.3) is 0 Å². The second-order valence-electron chi connectivity index (χ2n) is 5.72. The number of para-hydroxylation sites is 1. The average Bonchev–Trinajstić information content (AvgIpc) is 2.39. The molecule has 0 bridgehead atoms. The predicted molar refractivity (Wildman–Crippen MR) is 75.9 cm³/mol. The molecule has 1 aromatic carbocycles. The maximum Gasteiger partial charge on any atom is 0.122 e. The summed E-state index contributed by atoms with van der Waals surface area (Å²) < 4.78 is 5.43. The highest BCUT2D eigenvalue weighted by Crippen LogP contribution is 2.36. The van der Waals surface area contributed by atoms with E-state index in [9.17, 15) is 0 Å². The third kappa shape index (κ3) is 3.05. The van der Waals surface area contributed by atoms with E-state index in [0.717, 1.165) is 30.9 Å². The molecule has 0 aliphatic heterocycles. The molecule has 18 heavy (non-hydrogen) atoms. The van der Waals surface area contributed by atoms with E-state index in [1.165, 1.54) is 24.8 Å². The van der Waals surface area contributed by atoms with Crippen molar-refractivity contribution in [3.05, 3.63) is 29.8 Å². The Hall–Kier alpha value is -1.02. The first-order valence-electron chi connectivity index (χ1n) is 7.07. The molecular weight excluding hydrogens is 222 g/mol. The Bertz CT molecular complexity index is 390. The lowest BCUT2D eigenvalue weighted by Gasteiger charge is -2.38. The summed E-state index contributed by atoms with van der Waals surface area (Å²) in [7, 11) is 1.73. The molecule has 2 atom stereocenters. The van der Waals surface area contributed by atoms with Crippen molar-refractivity contribution in [2.45, 2.75) is 51.0 Å². The van der Waals surface area contributed by atoms with Crippen molar-refractivity contribution >= 4 is 0 Å². The molecule has 2 heteroatoms. The third-order valence-electron chi connectivity index (χ3n) is 4.29. The second kappa shape index (κ2) is 5.75. The van der Waals surface area contributed by atoms with Crippen LogP contribution in [0.2, 0.25) is 0 Å². The van der Waals surface area contributed by atoms with Crippen molar-refractivity contribution in [3.8, 4) is 5.75 Å². The molecule has 0 heterocycles. The van der Waals surface area contributed by atoms with Crippen LogP contribution >= 0.6 is 0 Å². The van der Waals surface area contributed by atoms with E-state index in [4.69, 9.17) is 10.5 Å². The standard InChI is InChI=1S/C16H25NO/c1-3-13-7-6-10-16(17,11-13)12-14-8-4-5-9-15(14)18-2/h4-5,8-9,13H,3,6-7,10-12,17H2,1-2H3. The number of benzene rings is 1. The lowest BCUT2D eigenvalue weighted by Crippen LogP contribution is -2.46. The Morgan fingerprint density at radius 2 is 2.17 bits per heavy atom. The van der Waals surface area contributed by atoms with Crippen molar-refractivity contribution in [3.63, 3.8) is 0 Å². The molecule has 0 amide bonds. The predicted octanol–water partition coefficient (Wildman–Crippen LogP) is 3.54. The zero-order valence-electron chi connectivity index (χ0n) is 11.6. The molecule has 1 aliphatic carbocycles. The van der Waals surface area contributed by atoms with Gasteiger partial charge in [0.15, 0.2) is 0 Å². The molecule has 2 rings (SSSR count). The van der Waals surface area contributed by atoms with Gasteiger partial charge in [-0.3, -0.25) is 0 Å². The zero-order chi connectivity index (χ0) is 13.0. The summed E-state index contributed by atoms with van der Waals surface area (Å²) in [6.45, 7) is 2.28. The zero-order valence-corrected chi connectivity index (χ0v) is 11.6. The molecule has 1 aromatic rings. The Labute approximate surface area is 111 Å². The Balaban J connectivity index is 2.11. The van der Waals surface area contributed by atoms with Crippen LogP contribution in [-0.4, -0.2) is 12.6 Å². The SMILES string of the molecule is CCC1CCCC(N)(Cc2ccccc2OC)C1. The van der Waals surface area contributed by atoms with Gasteiger partial charge in [-0.1, -0.05) is 44.4 Å². The molecule has 2 N–H and O–H groups in total. The molecular formula is C16H25NO. The van der Waals surface area contributed by atoms with Gasteiger partial charge in [0, 0.05) is 5.54 Å². The first-order chi connectivity index (χ1) is 8.67. The molecule has 1 aliphatic rings. The van der Waals surface area contributed by atoms with E-state index < -0.39 is 0 Å². The normalized spacial score (nSPS) is 28.1. The number of rotatable bonds is 4. The van der Waals surface area contributed by atoms with Gasteiger partial charge in [-0.15, -0.1) is 0 Å². The molecule has 0 radical (unpaired) electrons. The molecule has 100 valence electrons. The maximum absolute atomic E-state index is 6.63. The highest BCUT2D eigenvalue weighted by molar-refractivity contribution is 5.34. The molecule has 0 saturated heterocycles. The highest BCUT2D eigenvalue weighted by atomic mass is 16.5. The summed E-state index contributed by atoms with van der Waals surface area (Å²) >= 11 is 0. The number of hydrogen-bond donors (Lipinski definition) is 1. The summed E-state index contributed by atoms with van der Waals surface area (Å²) in [5.41, 5.74) is 7.84. The molecule has 0 spiro atoms. The number of hydrogen-bond acceptors (Lipinski definition) is 2. The van der Waals surface area contributed by atoms with Gasteiger partial charge in [-0.2, -0.15) is 0 Å². The van der Waals surface area contributed by atoms with Gasteiger partial charge >= 0.3 is 0 Å². The van der Waals surface area contributed by atoms with Crippen LogP contribution in [0.3, 0.4) is 0 Å². The number of ether oxygens (including phenoxy) is 1. The molecule has 2 unspecified atom stereocenters. The lowest BCUT2D eigenvalue weighted by atomic mass is 9.72. The van der Waals surface area contributed by atoms with Crippen LogP contribution in [0, 0.1) is 5.92 Å². The summed E-state index contributed by atoms with van der Waals surface area (Å²) in [5, 5.41) is 0. The van der Waals surface area contributed by atoms with E-state index in [0.29, 0.717) is 0 Å². The number of nitrogens with two attached hydrogens (primary N) is 1. The lowest BCUT2D eigenvalue weighted by molar-refractivity contribution is 0.217. The average molecular weight is 247 g/mol. The fourth-order valence-corrected chi connectivity index (χ4v) is 3.26. The smallest absolute Gasteiger partial charge is 0.122 e. The first kappa shape index (κ1) is 13.4. The summed E-state index contributed by atoms with van der Waals surface area (Å²) in [5.74, 6) is 1.78. The van der Waals surface area contributed by atoms with Crippen LogP contribution in [0.4, 0.5) is 0 Å². The van der Waals surface area contributed by atoms with Crippen LogP contribution in [0.1, 0.15) is 44.6 Å². The van der Waals surface area contributed by atoms with Crippen LogP contribution in [0.5, 0.6) is 5.75 Å². The molecule has 1 fully saturated rings. The topological polar surface area (TPSA) is 35.2 Å². The van der Waals surface area contributed by atoms with Gasteiger partial charge in [0.25, 0.3) is 0 Å². The van der Waals surface area contributed by atoms with Gasteiger partial charge in [-0.25, -0.2) is 0 Å². The minimum Gasteiger partial charge on any atom is -0.496 e. The van der Waals surface area contributed by atoms with E-state index in [2.05, 4.69) is 19.1 Å². The summed E-state index contributed by atoms with van der Waals surface area (Å²) in [6.07, 6.45) is 7.10. The van der Waals surface area contributed by atoms with Crippen LogP contribution in [-0.2, 0) is 6.42 Å². The first-order valence-corrected chi connectivity index (χ1v) is 7.07. The quantitative estimate of drug-likeness (QED) is 0.883. The van der Waals surface area contributed by atoms with Gasteiger partial charge in [0.05, 0.1) is 7.11 Å². The van der Waals surface area contributed by atoms with Crippen molar-refractivity contribution < 1.29 is 4.74 Å². The summed E-state index contributed by atoms with van der Waals surface area (Å²) in [4.78, 5) is 0. The van der Waals surface area contributed by atoms with Crippen LogP contribution in [0.15, 0.2) is 24.3 Å².